The van der Waals surface area contributed by atoms with Crippen molar-refractivity contribution in [3.63, 3.8) is 0 Å². The predicted octanol–water partition coefficient (Wildman–Crippen LogP) is 2.62. The molecule has 3 rings (SSSR count). The number of amides is 1. The first-order chi connectivity index (χ1) is 12.6. The van der Waals surface area contributed by atoms with E-state index in [-0.39, 0.29) is 5.91 Å². The smallest absolute Gasteiger partial charge is 0.256 e. The third-order valence-corrected chi connectivity index (χ3v) is 4.56. The molecule has 2 aromatic rings. The number of carbonyl (C=O) groups is 1. The lowest BCUT2D eigenvalue weighted by Crippen LogP contribution is -2.27. The van der Waals surface area contributed by atoms with Crippen LogP contribution in [0.25, 0.3) is 0 Å². The summed E-state index contributed by atoms with van der Waals surface area (Å²) in [6.45, 7) is 11.0. The maximum absolute atomic E-state index is 12.4. The number of aromatic nitrogens is 3. The van der Waals surface area contributed by atoms with Crippen molar-refractivity contribution in [3.05, 3.63) is 35.0 Å². The van der Waals surface area contributed by atoms with Gasteiger partial charge in [-0.2, -0.15) is 5.10 Å². The maximum atomic E-state index is 12.4. The summed E-state index contributed by atoms with van der Waals surface area (Å²) in [7, 11) is 0. The molecule has 0 atom stereocenters. The Bertz CT molecular complexity index is 734. The Morgan fingerprint density at radius 1 is 1.38 bits per heavy atom. The first-order valence-electron chi connectivity index (χ1n) is 9.56. The number of fused-ring (bicyclic) bond motifs is 1. The molecule has 0 aromatic carbocycles. The molecule has 0 bridgehead atoms. The molecule has 0 saturated heterocycles. The van der Waals surface area contributed by atoms with E-state index in [2.05, 4.69) is 45.1 Å². The molecular weight excluding hydrogens is 330 g/mol. The van der Waals surface area contributed by atoms with Crippen LogP contribution in [0.2, 0.25) is 0 Å². The highest BCUT2D eigenvalue weighted by atomic mass is 16.5. The zero-order valence-corrected chi connectivity index (χ0v) is 16.0. The molecule has 1 aliphatic heterocycles. The van der Waals surface area contributed by atoms with E-state index in [1.165, 1.54) is 11.9 Å². The van der Waals surface area contributed by atoms with Crippen molar-refractivity contribution < 1.29 is 9.32 Å². The standard InChI is InChI=1S/C19H29N5O2/c1-4-6-18-17(11-21-26-18)19(25)20-10-15-9-16-13-23(12-14(2)3)7-5-8-24(16)22-15/h9,11,14H,4-8,10,12-13H2,1-3H3,(H,20,25). The van der Waals surface area contributed by atoms with Gasteiger partial charge in [-0.15, -0.1) is 0 Å². The molecule has 142 valence electrons. The zero-order chi connectivity index (χ0) is 18.5. The lowest BCUT2D eigenvalue weighted by Gasteiger charge is -2.21. The van der Waals surface area contributed by atoms with Gasteiger partial charge in [0.15, 0.2) is 0 Å². The van der Waals surface area contributed by atoms with Crippen LogP contribution in [0.4, 0.5) is 0 Å². The van der Waals surface area contributed by atoms with Gasteiger partial charge in [-0.25, -0.2) is 0 Å². The van der Waals surface area contributed by atoms with E-state index in [1.807, 2.05) is 6.92 Å². The minimum atomic E-state index is -0.153. The average molecular weight is 359 g/mol. The molecule has 0 saturated carbocycles. The van der Waals surface area contributed by atoms with Crippen LogP contribution in [0.5, 0.6) is 0 Å². The Balaban J connectivity index is 1.61. The fourth-order valence-corrected chi connectivity index (χ4v) is 3.47. The summed E-state index contributed by atoms with van der Waals surface area (Å²) in [6.07, 6.45) is 4.23. The summed E-state index contributed by atoms with van der Waals surface area (Å²) in [5.74, 6) is 1.15. The molecule has 0 radical (unpaired) electrons. The van der Waals surface area contributed by atoms with Crippen LogP contribution in [0, 0.1) is 5.92 Å². The third-order valence-electron chi connectivity index (χ3n) is 4.56. The first-order valence-corrected chi connectivity index (χ1v) is 9.56. The lowest BCUT2D eigenvalue weighted by atomic mass is 10.1. The summed E-state index contributed by atoms with van der Waals surface area (Å²) < 4.78 is 7.25. The van der Waals surface area contributed by atoms with Gasteiger partial charge in [0.05, 0.1) is 24.1 Å². The topological polar surface area (TPSA) is 76.2 Å². The average Bonchev–Trinajstić information content (AvgIpc) is 3.16. The van der Waals surface area contributed by atoms with Gasteiger partial charge >= 0.3 is 0 Å². The quantitative estimate of drug-likeness (QED) is 0.822. The van der Waals surface area contributed by atoms with Gasteiger partial charge < -0.3 is 9.84 Å². The Morgan fingerprint density at radius 3 is 3.00 bits per heavy atom. The normalized spacial score (nSPS) is 15.1. The van der Waals surface area contributed by atoms with E-state index in [1.54, 1.807) is 0 Å². The summed E-state index contributed by atoms with van der Waals surface area (Å²) >= 11 is 0. The van der Waals surface area contributed by atoms with E-state index in [0.29, 0.717) is 30.2 Å². The summed E-state index contributed by atoms with van der Waals surface area (Å²) in [5, 5.41) is 11.4. The Kier molecular flexibility index (Phi) is 6.08. The monoisotopic (exact) mass is 359 g/mol. The van der Waals surface area contributed by atoms with Gasteiger partial charge in [0.1, 0.15) is 11.3 Å². The molecule has 7 nitrogen and oxygen atoms in total. The molecule has 0 aliphatic carbocycles. The van der Waals surface area contributed by atoms with E-state index in [0.717, 1.165) is 44.7 Å². The second kappa shape index (κ2) is 8.49. The van der Waals surface area contributed by atoms with E-state index in [9.17, 15) is 4.79 Å². The highest BCUT2D eigenvalue weighted by Gasteiger charge is 2.19. The number of aryl methyl sites for hydroxylation is 2. The van der Waals surface area contributed by atoms with Crippen LogP contribution in [-0.4, -0.2) is 38.8 Å². The number of hydrogen-bond donors (Lipinski definition) is 1. The molecule has 0 spiro atoms. The van der Waals surface area contributed by atoms with Gasteiger partial charge in [-0.05, 0) is 24.8 Å². The maximum Gasteiger partial charge on any atom is 0.256 e. The molecule has 2 aromatic heterocycles. The SMILES string of the molecule is CCCc1oncc1C(=O)NCc1cc2n(n1)CCCN(CC(C)C)C2. The summed E-state index contributed by atoms with van der Waals surface area (Å²) in [6, 6.07) is 2.11. The van der Waals surface area contributed by atoms with Crippen molar-refractivity contribution in [2.24, 2.45) is 5.92 Å². The minimum Gasteiger partial charge on any atom is -0.361 e. The fraction of sp³-hybridized carbons (Fsp3) is 0.632. The largest absolute Gasteiger partial charge is 0.361 e. The third kappa shape index (κ3) is 4.52. The van der Waals surface area contributed by atoms with Gasteiger partial charge in [0.2, 0.25) is 0 Å². The van der Waals surface area contributed by atoms with Gasteiger partial charge in [-0.3, -0.25) is 14.4 Å². The van der Waals surface area contributed by atoms with Crippen LogP contribution in [0.1, 0.15) is 61.1 Å². The van der Waals surface area contributed by atoms with Crippen molar-refractivity contribution in [2.45, 2.75) is 59.7 Å². The Hall–Kier alpha value is -2.15. The van der Waals surface area contributed by atoms with Gasteiger partial charge in [0, 0.05) is 32.6 Å². The van der Waals surface area contributed by atoms with Crippen LogP contribution in [0.3, 0.4) is 0 Å². The number of carbonyl (C=O) groups excluding carboxylic acids is 1. The summed E-state index contributed by atoms with van der Waals surface area (Å²) in [5.41, 5.74) is 2.65. The number of nitrogens with zero attached hydrogens (tertiary/aromatic N) is 4. The molecular formula is C19H29N5O2. The second-order valence-corrected chi connectivity index (χ2v) is 7.43. The van der Waals surface area contributed by atoms with Crippen LogP contribution in [-0.2, 0) is 26.1 Å². The van der Waals surface area contributed by atoms with Gasteiger partial charge in [0.25, 0.3) is 5.91 Å². The minimum absolute atomic E-state index is 0.153. The van der Waals surface area contributed by atoms with Crippen molar-refractivity contribution >= 4 is 5.91 Å². The molecule has 7 heteroatoms. The first kappa shape index (κ1) is 18.6. The van der Waals surface area contributed by atoms with E-state index < -0.39 is 0 Å². The molecule has 1 amide bonds. The highest BCUT2D eigenvalue weighted by Crippen LogP contribution is 2.16. The van der Waals surface area contributed by atoms with Crippen molar-refractivity contribution in [1.29, 1.82) is 0 Å². The predicted molar refractivity (Wildman–Crippen MR) is 98.6 cm³/mol. The molecule has 0 fully saturated rings. The lowest BCUT2D eigenvalue weighted by molar-refractivity contribution is 0.0948. The number of rotatable bonds is 7. The van der Waals surface area contributed by atoms with E-state index in [4.69, 9.17) is 4.52 Å². The molecule has 1 N–H and O–H groups in total. The second-order valence-electron chi connectivity index (χ2n) is 7.43. The Morgan fingerprint density at radius 2 is 2.23 bits per heavy atom. The van der Waals surface area contributed by atoms with Crippen LogP contribution < -0.4 is 5.32 Å². The molecule has 0 unspecified atom stereocenters. The zero-order valence-electron chi connectivity index (χ0n) is 16.0. The van der Waals surface area contributed by atoms with Crippen molar-refractivity contribution in [2.75, 3.05) is 13.1 Å². The molecule has 26 heavy (non-hydrogen) atoms. The van der Waals surface area contributed by atoms with E-state index >= 15 is 0 Å². The summed E-state index contributed by atoms with van der Waals surface area (Å²) in [4.78, 5) is 14.9. The van der Waals surface area contributed by atoms with Crippen LogP contribution >= 0.6 is 0 Å². The van der Waals surface area contributed by atoms with Crippen molar-refractivity contribution in [3.8, 4) is 0 Å². The number of hydrogen-bond acceptors (Lipinski definition) is 5. The Labute approximate surface area is 154 Å². The molecule has 3 heterocycles. The highest BCUT2D eigenvalue weighted by molar-refractivity contribution is 5.94. The fourth-order valence-electron chi connectivity index (χ4n) is 3.47. The van der Waals surface area contributed by atoms with Crippen molar-refractivity contribution in [1.82, 2.24) is 25.2 Å². The van der Waals surface area contributed by atoms with Crippen LogP contribution in [0.15, 0.2) is 16.8 Å². The van der Waals surface area contributed by atoms with Gasteiger partial charge in [-0.1, -0.05) is 25.9 Å². The number of nitrogens with one attached hydrogen (secondary N) is 1. The molecule has 1 aliphatic rings.